The maximum atomic E-state index is 12.9. The summed E-state index contributed by atoms with van der Waals surface area (Å²) < 4.78 is 11.5. The molecule has 1 fully saturated rings. The van der Waals surface area contributed by atoms with Crippen molar-refractivity contribution in [3.05, 3.63) is 83.8 Å². The molecule has 174 valence electrons. The van der Waals surface area contributed by atoms with Crippen LogP contribution in [0.25, 0.3) is 22.9 Å². The average molecular weight is 457 g/mol. The number of nitrogens with zero attached hydrogens (tertiary/aromatic N) is 3. The van der Waals surface area contributed by atoms with E-state index < -0.39 is 0 Å². The van der Waals surface area contributed by atoms with Crippen LogP contribution in [-0.4, -0.2) is 40.6 Å². The molecule has 0 radical (unpaired) electrons. The van der Waals surface area contributed by atoms with Crippen molar-refractivity contribution >= 4 is 5.91 Å². The molecule has 1 atom stereocenters. The van der Waals surface area contributed by atoms with Crippen LogP contribution in [0.3, 0.4) is 0 Å². The molecule has 1 amide bonds. The van der Waals surface area contributed by atoms with Crippen molar-refractivity contribution in [2.24, 2.45) is 0 Å². The Morgan fingerprint density at radius 2 is 1.59 bits per heavy atom. The molecule has 0 aliphatic carbocycles. The molecule has 1 aliphatic heterocycles. The van der Waals surface area contributed by atoms with Crippen LogP contribution in [0.5, 0.6) is 0 Å². The van der Waals surface area contributed by atoms with Crippen molar-refractivity contribution in [2.75, 3.05) is 19.6 Å². The zero-order valence-corrected chi connectivity index (χ0v) is 19.2. The molecule has 3 heterocycles. The van der Waals surface area contributed by atoms with Gasteiger partial charge in [0.15, 0.2) is 0 Å². The second-order valence-corrected chi connectivity index (χ2v) is 8.69. The van der Waals surface area contributed by atoms with Crippen LogP contribution in [0.1, 0.15) is 47.0 Å². The summed E-state index contributed by atoms with van der Waals surface area (Å²) in [7, 11) is 0. The number of carbonyl (C=O) groups excluding carboxylic acids is 1. The molecule has 2 aromatic heterocycles. The Labute approximate surface area is 198 Å². The van der Waals surface area contributed by atoms with Crippen molar-refractivity contribution in [3.63, 3.8) is 0 Å². The lowest BCUT2D eigenvalue weighted by Gasteiger charge is -2.33. The van der Waals surface area contributed by atoms with Gasteiger partial charge in [-0.3, -0.25) is 9.69 Å². The highest BCUT2D eigenvalue weighted by Crippen LogP contribution is 2.26. The molecule has 0 spiro atoms. The lowest BCUT2D eigenvalue weighted by Crippen LogP contribution is -2.40. The Bertz CT molecular complexity index is 1210. The molecule has 2 aromatic carbocycles. The Hall–Kier alpha value is -3.71. The van der Waals surface area contributed by atoms with E-state index in [2.05, 4.69) is 20.4 Å². The van der Waals surface area contributed by atoms with Gasteiger partial charge in [0, 0.05) is 23.2 Å². The largest absolute Gasteiger partial charge is 0.468 e. The third-order valence-corrected chi connectivity index (χ3v) is 6.28. The highest BCUT2D eigenvalue weighted by molar-refractivity contribution is 5.94. The van der Waals surface area contributed by atoms with Crippen molar-refractivity contribution < 1.29 is 13.6 Å². The van der Waals surface area contributed by atoms with Crippen LogP contribution < -0.4 is 5.32 Å². The van der Waals surface area contributed by atoms with Gasteiger partial charge < -0.3 is 14.2 Å². The van der Waals surface area contributed by atoms with Crippen LogP contribution in [-0.2, 0) is 0 Å². The van der Waals surface area contributed by atoms with E-state index in [9.17, 15) is 4.79 Å². The predicted molar refractivity (Wildman–Crippen MR) is 129 cm³/mol. The van der Waals surface area contributed by atoms with Crippen molar-refractivity contribution in [1.82, 2.24) is 20.4 Å². The molecule has 7 heteroatoms. The fraction of sp³-hybridized carbons (Fsp3) is 0.296. The maximum absolute atomic E-state index is 12.9. The number of hydrogen-bond donors (Lipinski definition) is 1. The quantitative estimate of drug-likeness (QED) is 0.408. The molecule has 4 aromatic rings. The number of aromatic nitrogens is 2. The van der Waals surface area contributed by atoms with Gasteiger partial charge in [-0.2, -0.15) is 0 Å². The molecule has 1 unspecified atom stereocenters. The normalized spacial score (nSPS) is 15.2. The highest BCUT2D eigenvalue weighted by atomic mass is 16.4. The third kappa shape index (κ3) is 4.94. The standard InChI is InChI=1S/C27H28N4O3/c1-19-7-9-21(10-8-19)26-29-30-27(34-26)22-13-11-20(12-14-22)25(32)28-18-23(24-6-5-17-33-24)31-15-3-2-4-16-31/h5-14,17,23H,2-4,15-16,18H2,1H3,(H,28,32). The van der Waals surface area contributed by atoms with Crippen LogP contribution in [0, 0.1) is 6.92 Å². The summed E-state index contributed by atoms with van der Waals surface area (Å²) in [5, 5.41) is 11.4. The SMILES string of the molecule is Cc1ccc(-c2nnc(-c3ccc(C(=O)NCC(c4ccco4)N4CCCCC4)cc3)o2)cc1. The van der Waals surface area contributed by atoms with Gasteiger partial charge in [0.05, 0.1) is 12.3 Å². The van der Waals surface area contributed by atoms with Gasteiger partial charge >= 0.3 is 0 Å². The van der Waals surface area contributed by atoms with Gasteiger partial charge in [0.2, 0.25) is 11.8 Å². The number of carbonyl (C=O) groups is 1. The number of benzene rings is 2. The van der Waals surface area contributed by atoms with Gasteiger partial charge in [-0.25, -0.2) is 0 Å². The van der Waals surface area contributed by atoms with E-state index in [0.29, 0.717) is 23.9 Å². The van der Waals surface area contributed by atoms with Gasteiger partial charge in [-0.15, -0.1) is 10.2 Å². The molecule has 0 bridgehead atoms. The topological polar surface area (TPSA) is 84.4 Å². The van der Waals surface area contributed by atoms with Gasteiger partial charge in [0.25, 0.3) is 5.91 Å². The fourth-order valence-electron chi connectivity index (χ4n) is 4.33. The number of furan rings is 1. The van der Waals surface area contributed by atoms with E-state index in [-0.39, 0.29) is 11.9 Å². The number of aryl methyl sites for hydroxylation is 1. The molecule has 34 heavy (non-hydrogen) atoms. The molecular formula is C27H28N4O3. The number of piperidine rings is 1. The Balaban J connectivity index is 1.24. The van der Waals surface area contributed by atoms with Gasteiger partial charge in [-0.1, -0.05) is 24.1 Å². The minimum Gasteiger partial charge on any atom is -0.468 e. The van der Waals surface area contributed by atoms with E-state index in [1.807, 2.05) is 55.5 Å². The predicted octanol–water partition coefficient (Wildman–Crippen LogP) is 5.26. The highest BCUT2D eigenvalue weighted by Gasteiger charge is 2.25. The van der Waals surface area contributed by atoms with Gasteiger partial charge in [-0.05, 0) is 81.4 Å². The first kappa shape index (κ1) is 22.1. The third-order valence-electron chi connectivity index (χ3n) is 6.28. The Morgan fingerprint density at radius 3 is 2.21 bits per heavy atom. The monoisotopic (exact) mass is 456 g/mol. The van der Waals surface area contributed by atoms with Crippen molar-refractivity contribution in [3.8, 4) is 22.9 Å². The van der Waals surface area contributed by atoms with E-state index in [4.69, 9.17) is 8.83 Å². The van der Waals surface area contributed by atoms with E-state index >= 15 is 0 Å². The van der Waals surface area contributed by atoms with E-state index in [1.54, 1.807) is 18.4 Å². The fourth-order valence-corrected chi connectivity index (χ4v) is 4.33. The Morgan fingerprint density at radius 1 is 0.941 bits per heavy atom. The van der Waals surface area contributed by atoms with Crippen LogP contribution >= 0.6 is 0 Å². The summed E-state index contributed by atoms with van der Waals surface area (Å²) in [6.07, 6.45) is 5.29. The summed E-state index contributed by atoms with van der Waals surface area (Å²) in [6.45, 7) is 4.57. The minimum atomic E-state index is -0.119. The molecule has 7 nitrogen and oxygen atoms in total. The number of nitrogens with one attached hydrogen (secondary N) is 1. The maximum Gasteiger partial charge on any atom is 0.251 e. The summed E-state index contributed by atoms with van der Waals surface area (Å²) in [5.74, 6) is 1.66. The van der Waals surface area contributed by atoms with Crippen LogP contribution in [0.2, 0.25) is 0 Å². The molecule has 1 saturated heterocycles. The molecule has 1 N–H and O–H groups in total. The zero-order valence-electron chi connectivity index (χ0n) is 19.2. The van der Waals surface area contributed by atoms with Crippen molar-refractivity contribution in [2.45, 2.75) is 32.2 Å². The number of likely N-dealkylation sites (tertiary alicyclic amines) is 1. The van der Waals surface area contributed by atoms with Gasteiger partial charge in [0.1, 0.15) is 5.76 Å². The second kappa shape index (κ2) is 10.1. The lowest BCUT2D eigenvalue weighted by atomic mass is 10.1. The first-order valence-corrected chi connectivity index (χ1v) is 11.7. The average Bonchev–Trinajstić information content (AvgIpc) is 3.59. The molecule has 1 aliphatic rings. The smallest absolute Gasteiger partial charge is 0.251 e. The summed E-state index contributed by atoms with van der Waals surface area (Å²) >= 11 is 0. The molecule has 0 saturated carbocycles. The Kier molecular flexibility index (Phi) is 6.53. The number of hydrogen-bond acceptors (Lipinski definition) is 6. The molecule has 5 rings (SSSR count). The first-order chi connectivity index (χ1) is 16.7. The van der Waals surface area contributed by atoms with Crippen LogP contribution in [0.15, 0.2) is 75.8 Å². The first-order valence-electron chi connectivity index (χ1n) is 11.7. The number of rotatable bonds is 7. The minimum absolute atomic E-state index is 0.0390. The number of amides is 1. The lowest BCUT2D eigenvalue weighted by molar-refractivity contribution is 0.0914. The summed E-state index contributed by atoms with van der Waals surface area (Å²) in [5.41, 5.74) is 3.40. The van der Waals surface area contributed by atoms with Crippen molar-refractivity contribution in [1.29, 1.82) is 0 Å². The van der Waals surface area contributed by atoms with Crippen LogP contribution in [0.4, 0.5) is 0 Å². The van der Waals surface area contributed by atoms with E-state index in [1.165, 1.54) is 24.8 Å². The second-order valence-electron chi connectivity index (χ2n) is 8.69. The van der Waals surface area contributed by atoms with E-state index in [0.717, 1.165) is 30.0 Å². The summed E-state index contributed by atoms with van der Waals surface area (Å²) in [6, 6.07) is 19.1. The summed E-state index contributed by atoms with van der Waals surface area (Å²) in [4.78, 5) is 15.3. The zero-order chi connectivity index (χ0) is 23.3. The molecular weight excluding hydrogens is 428 g/mol.